The van der Waals surface area contributed by atoms with Crippen molar-refractivity contribution in [3.63, 3.8) is 0 Å². The Morgan fingerprint density at radius 2 is 1.62 bits per heavy atom. The van der Waals surface area contributed by atoms with Gasteiger partial charge in [-0.15, -0.1) is 0 Å². The van der Waals surface area contributed by atoms with Gasteiger partial charge in [-0.3, -0.25) is 19.7 Å². The zero-order valence-electron chi connectivity index (χ0n) is 13.0. The van der Waals surface area contributed by atoms with Gasteiger partial charge in [-0.05, 0) is 19.4 Å². The van der Waals surface area contributed by atoms with E-state index in [4.69, 9.17) is 0 Å². The molecule has 2 N–H and O–H groups in total. The molecule has 0 saturated heterocycles. The van der Waals surface area contributed by atoms with Crippen molar-refractivity contribution in [2.24, 2.45) is 22.0 Å². The summed E-state index contributed by atoms with van der Waals surface area (Å²) < 4.78 is 0. The molecule has 9 heteroatoms. The smallest absolute Gasteiger partial charge is 0.269 e. The Morgan fingerprint density at radius 1 is 1.08 bits per heavy atom. The lowest BCUT2D eigenvalue weighted by atomic mass is 9.73. The summed E-state index contributed by atoms with van der Waals surface area (Å²) in [6.07, 6.45) is 0. The molecule has 2 unspecified atom stereocenters. The van der Waals surface area contributed by atoms with E-state index in [2.05, 4.69) is 21.1 Å². The molecule has 1 aromatic rings. The fraction of sp³-hybridized carbons (Fsp3) is 0.333. The molecule has 124 valence electrons. The first-order valence-corrected chi connectivity index (χ1v) is 7.32. The summed E-state index contributed by atoms with van der Waals surface area (Å²) in [5, 5.41) is 18.9. The highest BCUT2D eigenvalue weighted by Crippen LogP contribution is 2.38. The highest BCUT2D eigenvalue weighted by molar-refractivity contribution is 6.12. The lowest BCUT2D eigenvalue weighted by molar-refractivity contribution is -0.384. The number of non-ortho nitro benzene ring substituents is 1. The lowest BCUT2D eigenvalue weighted by Gasteiger charge is -2.26. The highest BCUT2D eigenvalue weighted by Gasteiger charge is 2.46. The van der Waals surface area contributed by atoms with Gasteiger partial charge in [0.25, 0.3) is 5.69 Å². The van der Waals surface area contributed by atoms with Crippen molar-refractivity contribution in [1.82, 2.24) is 10.9 Å². The molecule has 2 aliphatic heterocycles. The van der Waals surface area contributed by atoms with Crippen LogP contribution in [0.25, 0.3) is 0 Å². The highest BCUT2D eigenvalue weighted by atomic mass is 16.6. The minimum Gasteiger partial charge on any atom is -0.272 e. The van der Waals surface area contributed by atoms with Crippen LogP contribution in [0, 0.1) is 22.0 Å². The number of hydrogen-bond donors (Lipinski definition) is 2. The van der Waals surface area contributed by atoms with E-state index in [0.29, 0.717) is 17.0 Å². The zero-order valence-corrected chi connectivity index (χ0v) is 13.0. The van der Waals surface area contributed by atoms with Gasteiger partial charge in [0.15, 0.2) is 0 Å². The number of carbonyl (C=O) groups excluding carboxylic acids is 2. The fourth-order valence-electron chi connectivity index (χ4n) is 3.21. The van der Waals surface area contributed by atoms with Crippen molar-refractivity contribution in [2.75, 3.05) is 0 Å². The Hall–Kier alpha value is -3.10. The average Bonchev–Trinajstić information content (AvgIpc) is 3.05. The number of carbonyl (C=O) groups is 2. The molecular formula is C15H15N5O4. The number of benzene rings is 1. The van der Waals surface area contributed by atoms with Gasteiger partial charge in [0.2, 0.25) is 11.8 Å². The molecule has 2 atom stereocenters. The normalized spacial score (nSPS) is 24.1. The molecule has 2 heterocycles. The molecular weight excluding hydrogens is 314 g/mol. The van der Waals surface area contributed by atoms with Crippen molar-refractivity contribution in [1.29, 1.82) is 0 Å². The van der Waals surface area contributed by atoms with Crippen LogP contribution in [0.5, 0.6) is 0 Å². The predicted octanol–water partition coefficient (Wildman–Crippen LogP) is 0.922. The van der Waals surface area contributed by atoms with Crippen molar-refractivity contribution in [3.8, 4) is 0 Å². The second-order valence-electron chi connectivity index (χ2n) is 5.79. The summed E-state index contributed by atoms with van der Waals surface area (Å²) >= 11 is 0. The number of rotatable bonds is 4. The molecule has 0 fully saturated rings. The molecule has 9 nitrogen and oxygen atoms in total. The van der Waals surface area contributed by atoms with Crippen LogP contribution in [0.2, 0.25) is 0 Å². The number of nitrogens with one attached hydrogen (secondary N) is 2. The molecule has 0 radical (unpaired) electrons. The summed E-state index contributed by atoms with van der Waals surface area (Å²) in [4.78, 5) is 35.1. The second-order valence-corrected chi connectivity index (χ2v) is 5.79. The molecule has 2 aliphatic rings. The SMILES string of the molecule is CC1=NNC(=O)C1C(c1cccc([N+](=O)[O-])c1)C1C(=O)NN=C1C. The number of nitrogens with zero attached hydrogens (tertiary/aromatic N) is 3. The molecule has 24 heavy (non-hydrogen) atoms. The summed E-state index contributed by atoms with van der Waals surface area (Å²) in [6, 6.07) is 5.98. The van der Waals surface area contributed by atoms with E-state index in [1.165, 1.54) is 12.1 Å². The van der Waals surface area contributed by atoms with Crippen molar-refractivity contribution < 1.29 is 14.5 Å². The molecule has 0 saturated carbocycles. The Bertz CT molecular complexity index is 763. The van der Waals surface area contributed by atoms with Gasteiger partial charge in [0, 0.05) is 29.5 Å². The Balaban J connectivity index is 2.12. The third-order valence-electron chi connectivity index (χ3n) is 4.33. The number of nitro groups is 1. The quantitative estimate of drug-likeness (QED) is 0.629. The number of amides is 2. The van der Waals surface area contributed by atoms with Crippen LogP contribution in [0.1, 0.15) is 25.3 Å². The molecule has 3 rings (SSSR count). The molecule has 2 amide bonds. The van der Waals surface area contributed by atoms with E-state index in [1.807, 2.05) is 0 Å². The maximum Gasteiger partial charge on any atom is 0.269 e. The summed E-state index contributed by atoms with van der Waals surface area (Å²) in [5.74, 6) is -2.67. The van der Waals surface area contributed by atoms with E-state index in [1.54, 1.807) is 26.0 Å². The van der Waals surface area contributed by atoms with Crippen molar-refractivity contribution >= 4 is 28.9 Å². The molecule has 0 aliphatic carbocycles. The number of hydrogen-bond acceptors (Lipinski definition) is 6. The first kappa shape index (κ1) is 15.8. The third kappa shape index (κ3) is 2.53. The monoisotopic (exact) mass is 329 g/mol. The lowest BCUT2D eigenvalue weighted by Crippen LogP contribution is -2.38. The van der Waals surface area contributed by atoms with Crippen LogP contribution in [-0.4, -0.2) is 28.2 Å². The van der Waals surface area contributed by atoms with Crippen molar-refractivity contribution in [3.05, 3.63) is 39.9 Å². The van der Waals surface area contributed by atoms with Gasteiger partial charge in [-0.2, -0.15) is 10.2 Å². The summed E-state index contributed by atoms with van der Waals surface area (Å²) in [7, 11) is 0. The maximum absolute atomic E-state index is 12.3. The first-order valence-electron chi connectivity index (χ1n) is 7.32. The molecule has 0 spiro atoms. The average molecular weight is 329 g/mol. The minimum atomic E-state index is -0.689. The minimum absolute atomic E-state index is 0.0986. The number of hydrazone groups is 2. The predicted molar refractivity (Wildman–Crippen MR) is 85.3 cm³/mol. The number of nitro benzene ring substituents is 1. The van der Waals surface area contributed by atoms with Crippen LogP contribution in [0.15, 0.2) is 34.5 Å². The van der Waals surface area contributed by atoms with Gasteiger partial charge in [-0.1, -0.05) is 12.1 Å². The zero-order chi connectivity index (χ0) is 17.4. The Kier molecular flexibility index (Phi) is 3.84. The topological polar surface area (TPSA) is 126 Å². The van der Waals surface area contributed by atoms with Crippen LogP contribution in [0.4, 0.5) is 5.69 Å². The summed E-state index contributed by atoms with van der Waals surface area (Å²) in [6.45, 7) is 3.37. The van der Waals surface area contributed by atoms with Gasteiger partial charge in [-0.25, -0.2) is 10.9 Å². The van der Waals surface area contributed by atoms with E-state index in [0.717, 1.165) is 0 Å². The van der Waals surface area contributed by atoms with Gasteiger partial charge < -0.3 is 0 Å². The van der Waals surface area contributed by atoms with E-state index in [9.17, 15) is 19.7 Å². The van der Waals surface area contributed by atoms with Gasteiger partial charge >= 0.3 is 0 Å². The van der Waals surface area contributed by atoms with Crippen LogP contribution >= 0.6 is 0 Å². The van der Waals surface area contributed by atoms with E-state index < -0.39 is 22.7 Å². The summed E-state index contributed by atoms with van der Waals surface area (Å²) in [5.41, 5.74) is 6.30. The molecule has 1 aromatic carbocycles. The maximum atomic E-state index is 12.3. The molecule has 0 bridgehead atoms. The standard InChI is InChI=1S/C15H15N5O4/c1-7-11(14(21)18-16-7)13(12-8(2)17-19-15(12)22)9-4-3-5-10(6-9)20(23)24/h3-6,11-13H,1-2H3,(H,18,21)(H,19,22). The first-order chi connectivity index (χ1) is 11.4. The van der Waals surface area contributed by atoms with Gasteiger partial charge in [0.05, 0.1) is 16.8 Å². The van der Waals surface area contributed by atoms with Gasteiger partial charge in [0.1, 0.15) is 0 Å². The second kappa shape index (κ2) is 5.84. The fourth-order valence-corrected chi connectivity index (χ4v) is 3.21. The van der Waals surface area contributed by atoms with Crippen LogP contribution in [-0.2, 0) is 9.59 Å². The van der Waals surface area contributed by atoms with E-state index >= 15 is 0 Å². The van der Waals surface area contributed by atoms with Crippen molar-refractivity contribution in [2.45, 2.75) is 19.8 Å². The van der Waals surface area contributed by atoms with Crippen LogP contribution in [0.3, 0.4) is 0 Å². The molecule has 0 aromatic heterocycles. The van der Waals surface area contributed by atoms with Crippen LogP contribution < -0.4 is 10.9 Å². The Morgan fingerprint density at radius 3 is 2.04 bits per heavy atom. The largest absolute Gasteiger partial charge is 0.272 e. The Labute approximate surface area is 137 Å². The third-order valence-corrected chi connectivity index (χ3v) is 4.33. The van der Waals surface area contributed by atoms with E-state index in [-0.39, 0.29) is 17.5 Å².